The molecule has 13 heavy (non-hydrogen) atoms. The van der Waals surface area contributed by atoms with Crippen LogP contribution in [0.1, 0.15) is 11.1 Å². The van der Waals surface area contributed by atoms with Crippen LogP contribution >= 0.6 is 34.0 Å². The van der Waals surface area contributed by atoms with Gasteiger partial charge in [-0.15, -0.1) is 34.0 Å². The highest BCUT2D eigenvalue weighted by Crippen LogP contribution is 2.04. The molecular weight excluding hydrogens is 294 g/mol. The second-order valence-electron chi connectivity index (χ2n) is 3.22. The fourth-order valence-corrected chi connectivity index (χ4v) is 1.06. The van der Waals surface area contributed by atoms with Crippen LogP contribution in [0, 0.1) is 6.92 Å². The van der Waals surface area contributed by atoms with E-state index >= 15 is 0 Å². The van der Waals surface area contributed by atoms with E-state index in [2.05, 4.69) is 50.2 Å². The molecule has 0 heterocycles. The summed E-state index contributed by atoms with van der Waals surface area (Å²) in [5, 5.41) is 0. The van der Waals surface area contributed by atoms with Crippen molar-refractivity contribution < 1.29 is 0 Å². The lowest BCUT2D eigenvalue weighted by molar-refractivity contribution is 0.402. The zero-order valence-electron chi connectivity index (χ0n) is 8.28. The monoisotopic (exact) mass is 309 g/mol. The van der Waals surface area contributed by atoms with Crippen molar-refractivity contribution in [3.63, 3.8) is 0 Å². The molecular formula is C10H17Br2N. The van der Waals surface area contributed by atoms with Crippen LogP contribution in [0.4, 0.5) is 0 Å². The van der Waals surface area contributed by atoms with Crippen LogP contribution < -0.4 is 0 Å². The average Bonchev–Trinajstić information content (AvgIpc) is 1.93. The molecule has 0 unspecified atom stereocenters. The summed E-state index contributed by atoms with van der Waals surface area (Å²) >= 11 is 0. The van der Waals surface area contributed by atoms with Gasteiger partial charge in [0.05, 0.1) is 0 Å². The number of benzene rings is 1. The Morgan fingerprint density at radius 1 is 1.00 bits per heavy atom. The van der Waals surface area contributed by atoms with E-state index in [9.17, 15) is 0 Å². The van der Waals surface area contributed by atoms with E-state index in [4.69, 9.17) is 0 Å². The maximum absolute atomic E-state index is 2.18. The van der Waals surface area contributed by atoms with Crippen molar-refractivity contribution in [1.29, 1.82) is 0 Å². The lowest BCUT2D eigenvalue weighted by Crippen LogP contribution is -2.10. The van der Waals surface area contributed by atoms with Gasteiger partial charge in [0.2, 0.25) is 0 Å². The van der Waals surface area contributed by atoms with Crippen molar-refractivity contribution >= 4 is 34.0 Å². The van der Waals surface area contributed by atoms with Crippen molar-refractivity contribution in [2.75, 3.05) is 14.1 Å². The molecule has 1 aromatic carbocycles. The van der Waals surface area contributed by atoms with Crippen LogP contribution in [0.5, 0.6) is 0 Å². The van der Waals surface area contributed by atoms with Crippen molar-refractivity contribution in [2.45, 2.75) is 13.5 Å². The third-order valence-corrected chi connectivity index (χ3v) is 1.62. The summed E-state index contributed by atoms with van der Waals surface area (Å²) in [6.45, 7) is 3.14. The smallest absolute Gasteiger partial charge is 0.0227 e. The molecule has 0 aromatic heterocycles. The minimum absolute atomic E-state index is 0. The number of rotatable bonds is 2. The van der Waals surface area contributed by atoms with Crippen molar-refractivity contribution in [3.05, 3.63) is 35.4 Å². The van der Waals surface area contributed by atoms with Gasteiger partial charge in [-0.1, -0.05) is 29.8 Å². The lowest BCUT2D eigenvalue weighted by atomic mass is 10.1. The van der Waals surface area contributed by atoms with Crippen LogP contribution in [0.3, 0.4) is 0 Å². The second-order valence-corrected chi connectivity index (χ2v) is 3.22. The van der Waals surface area contributed by atoms with E-state index in [0.717, 1.165) is 6.54 Å². The fourth-order valence-electron chi connectivity index (χ4n) is 1.06. The number of hydrogen-bond donors (Lipinski definition) is 0. The van der Waals surface area contributed by atoms with E-state index < -0.39 is 0 Å². The number of nitrogens with zero attached hydrogens (tertiary/aromatic N) is 1. The average molecular weight is 311 g/mol. The first kappa shape index (κ1) is 15.6. The Hall–Kier alpha value is 0.140. The van der Waals surface area contributed by atoms with Crippen LogP contribution in [-0.4, -0.2) is 19.0 Å². The highest BCUT2D eigenvalue weighted by Gasteiger charge is 1.92. The van der Waals surface area contributed by atoms with Gasteiger partial charge in [0, 0.05) is 6.54 Å². The molecule has 76 valence electrons. The van der Waals surface area contributed by atoms with Crippen molar-refractivity contribution in [1.82, 2.24) is 4.90 Å². The Morgan fingerprint density at radius 2 is 1.46 bits per heavy atom. The van der Waals surface area contributed by atoms with Gasteiger partial charge in [0.15, 0.2) is 0 Å². The van der Waals surface area contributed by atoms with Gasteiger partial charge in [0.25, 0.3) is 0 Å². The van der Waals surface area contributed by atoms with Gasteiger partial charge in [0.1, 0.15) is 0 Å². The minimum atomic E-state index is 0. The maximum atomic E-state index is 2.18. The van der Waals surface area contributed by atoms with Gasteiger partial charge in [-0.05, 0) is 26.6 Å². The predicted molar refractivity (Wildman–Crippen MR) is 69.2 cm³/mol. The molecule has 0 aliphatic heterocycles. The molecule has 0 saturated carbocycles. The molecule has 0 atom stereocenters. The zero-order chi connectivity index (χ0) is 8.27. The standard InChI is InChI=1S/C10H15N.2BrH/c1-9-4-6-10(7-5-9)8-11(2)3;;/h4-7H,8H2,1-3H3;2*1H. The lowest BCUT2D eigenvalue weighted by Gasteiger charge is -2.08. The normalized spacial score (nSPS) is 8.92. The Bertz CT molecular complexity index is 219. The molecule has 0 N–H and O–H groups in total. The quantitative estimate of drug-likeness (QED) is 0.811. The Balaban J connectivity index is 0. The third-order valence-electron chi connectivity index (χ3n) is 1.62. The van der Waals surface area contributed by atoms with Gasteiger partial charge >= 0.3 is 0 Å². The molecule has 0 aliphatic carbocycles. The summed E-state index contributed by atoms with van der Waals surface area (Å²) in [5.74, 6) is 0. The summed E-state index contributed by atoms with van der Waals surface area (Å²) in [6.07, 6.45) is 0. The summed E-state index contributed by atoms with van der Waals surface area (Å²) in [4.78, 5) is 2.17. The van der Waals surface area contributed by atoms with Crippen molar-refractivity contribution in [3.8, 4) is 0 Å². The molecule has 0 aliphatic rings. The number of aryl methyl sites for hydroxylation is 1. The SMILES string of the molecule is Br.Br.Cc1ccc(CN(C)C)cc1. The van der Waals surface area contributed by atoms with Crippen LogP contribution in [0.25, 0.3) is 0 Å². The molecule has 0 radical (unpaired) electrons. The van der Waals surface area contributed by atoms with Crippen LogP contribution in [0.15, 0.2) is 24.3 Å². The Kier molecular flexibility index (Phi) is 9.05. The van der Waals surface area contributed by atoms with E-state index in [1.165, 1.54) is 11.1 Å². The Labute approximate surface area is 102 Å². The Morgan fingerprint density at radius 3 is 1.85 bits per heavy atom. The fraction of sp³-hybridized carbons (Fsp3) is 0.400. The van der Waals surface area contributed by atoms with Gasteiger partial charge < -0.3 is 4.90 Å². The van der Waals surface area contributed by atoms with E-state index in [-0.39, 0.29) is 34.0 Å². The highest BCUT2D eigenvalue weighted by atomic mass is 79.9. The summed E-state index contributed by atoms with van der Waals surface area (Å²) < 4.78 is 0. The topological polar surface area (TPSA) is 3.24 Å². The molecule has 0 saturated heterocycles. The van der Waals surface area contributed by atoms with Crippen LogP contribution in [0.2, 0.25) is 0 Å². The number of hydrogen-bond acceptors (Lipinski definition) is 1. The summed E-state index contributed by atoms with van der Waals surface area (Å²) in [7, 11) is 4.17. The first-order valence-corrected chi connectivity index (χ1v) is 3.89. The van der Waals surface area contributed by atoms with E-state index in [1.54, 1.807) is 0 Å². The highest BCUT2D eigenvalue weighted by molar-refractivity contribution is 8.93. The molecule has 3 heteroatoms. The zero-order valence-corrected chi connectivity index (χ0v) is 11.7. The molecule has 0 bridgehead atoms. The molecule has 1 rings (SSSR count). The summed E-state index contributed by atoms with van der Waals surface area (Å²) in [6, 6.07) is 8.66. The largest absolute Gasteiger partial charge is 0.305 e. The first-order chi connectivity index (χ1) is 5.18. The van der Waals surface area contributed by atoms with Crippen LogP contribution in [-0.2, 0) is 6.54 Å². The first-order valence-electron chi connectivity index (χ1n) is 3.89. The van der Waals surface area contributed by atoms with Crippen molar-refractivity contribution in [2.24, 2.45) is 0 Å². The van der Waals surface area contributed by atoms with E-state index in [1.807, 2.05) is 0 Å². The molecule has 0 amide bonds. The van der Waals surface area contributed by atoms with E-state index in [0.29, 0.717) is 0 Å². The summed E-state index contributed by atoms with van der Waals surface area (Å²) in [5.41, 5.74) is 2.70. The third kappa shape index (κ3) is 6.24. The number of halogens is 2. The maximum Gasteiger partial charge on any atom is 0.0227 e. The molecule has 0 fully saturated rings. The van der Waals surface area contributed by atoms with Gasteiger partial charge in [-0.25, -0.2) is 0 Å². The molecule has 1 aromatic rings. The molecule has 1 nitrogen and oxygen atoms in total. The van der Waals surface area contributed by atoms with Gasteiger partial charge in [-0.3, -0.25) is 0 Å². The second kappa shape index (κ2) is 7.54. The molecule has 0 spiro atoms. The van der Waals surface area contributed by atoms with Gasteiger partial charge in [-0.2, -0.15) is 0 Å². The minimum Gasteiger partial charge on any atom is -0.305 e. The predicted octanol–water partition coefficient (Wildman–Crippen LogP) is 3.21.